The maximum Gasteiger partial charge on any atom is 0.178 e. The Balaban J connectivity index is 2.94. The molecule has 0 amide bonds. The summed E-state index contributed by atoms with van der Waals surface area (Å²) in [7, 11) is 0. The lowest BCUT2D eigenvalue weighted by Crippen LogP contribution is -2.19. The molecule has 0 heterocycles. The molecule has 0 aromatic carbocycles. The van der Waals surface area contributed by atoms with Gasteiger partial charge in [-0.25, -0.2) is 0 Å². The lowest BCUT2D eigenvalue weighted by Gasteiger charge is -2.32. The van der Waals surface area contributed by atoms with Crippen LogP contribution in [-0.2, 0) is 4.79 Å². The second kappa shape index (κ2) is 4.61. The van der Waals surface area contributed by atoms with Gasteiger partial charge in [0.1, 0.15) is 0 Å². The van der Waals surface area contributed by atoms with E-state index in [0.29, 0.717) is 0 Å². The van der Waals surface area contributed by atoms with E-state index < -0.39 is 0 Å². The van der Waals surface area contributed by atoms with Crippen molar-refractivity contribution in [3.63, 3.8) is 0 Å². The molecule has 0 saturated heterocycles. The molecule has 0 aromatic rings. The maximum absolute atomic E-state index is 11.1. The summed E-state index contributed by atoms with van der Waals surface area (Å²) in [5, 5.41) is 0. The van der Waals surface area contributed by atoms with Gasteiger partial charge in [-0.3, -0.25) is 4.79 Å². The van der Waals surface area contributed by atoms with Crippen LogP contribution in [-0.4, -0.2) is 5.78 Å². The summed E-state index contributed by atoms with van der Waals surface area (Å²) in [5.41, 5.74) is 2.95. The molecule has 1 aliphatic carbocycles. The fourth-order valence-electron chi connectivity index (χ4n) is 2.24. The summed E-state index contributed by atoms with van der Waals surface area (Å²) < 4.78 is 0. The summed E-state index contributed by atoms with van der Waals surface area (Å²) in [5.74, 6) is -0.0170. The SMILES string of the molecule is C=CC(=O)C=CC1=C(C)CCCC1(C)C. The van der Waals surface area contributed by atoms with Crippen molar-refractivity contribution in [3.05, 3.63) is 36.0 Å². The quantitative estimate of drug-likeness (QED) is 0.639. The molecule has 1 nitrogen and oxygen atoms in total. The van der Waals surface area contributed by atoms with Gasteiger partial charge in [-0.1, -0.05) is 32.1 Å². The van der Waals surface area contributed by atoms with E-state index in [2.05, 4.69) is 27.4 Å². The first-order chi connectivity index (χ1) is 6.97. The summed E-state index contributed by atoms with van der Waals surface area (Å²) in [6.45, 7) is 10.1. The third kappa shape index (κ3) is 2.92. The molecule has 0 radical (unpaired) electrons. The number of carbonyl (C=O) groups is 1. The highest BCUT2D eigenvalue weighted by Gasteiger charge is 2.26. The molecule has 0 spiro atoms. The zero-order valence-electron chi connectivity index (χ0n) is 9.97. The van der Waals surface area contributed by atoms with Gasteiger partial charge in [-0.15, -0.1) is 0 Å². The van der Waals surface area contributed by atoms with Crippen molar-refractivity contribution in [1.82, 2.24) is 0 Å². The van der Waals surface area contributed by atoms with Gasteiger partial charge in [-0.05, 0) is 49.3 Å². The van der Waals surface area contributed by atoms with Crippen LogP contribution in [0.2, 0.25) is 0 Å². The van der Waals surface area contributed by atoms with E-state index in [-0.39, 0.29) is 11.2 Å². The summed E-state index contributed by atoms with van der Waals surface area (Å²) in [4.78, 5) is 11.1. The van der Waals surface area contributed by atoms with Crippen molar-refractivity contribution in [2.24, 2.45) is 5.41 Å². The second-order valence-corrected chi connectivity index (χ2v) is 4.87. The van der Waals surface area contributed by atoms with Gasteiger partial charge in [-0.2, -0.15) is 0 Å². The Morgan fingerprint density at radius 2 is 2.13 bits per heavy atom. The highest BCUT2D eigenvalue weighted by atomic mass is 16.1. The molecular formula is C14H20O. The van der Waals surface area contributed by atoms with Gasteiger partial charge in [0.2, 0.25) is 0 Å². The van der Waals surface area contributed by atoms with Crippen LogP contribution in [0.5, 0.6) is 0 Å². The number of ketones is 1. The minimum atomic E-state index is -0.0170. The molecular weight excluding hydrogens is 184 g/mol. The van der Waals surface area contributed by atoms with E-state index in [4.69, 9.17) is 0 Å². The van der Waals surface area contributed by atoms with Gasteiger partial charge in [0.05, 0.1) is 0 Å². The first-order valence-corrected chi connectivity index (χ1v) is 5.52. The number of allylic oxidation sites excluding steroid dienone is 5. The topological polar surface area (TPSA) is 17.1 Å². The molecule has 0 aliphatic heterocycles. The number of carbonyl (C=O) groups excluding carboxylic acids is 1. The zero-order chi connectivity index (χ0) is 11.5. The lowest BCUT2D eigenvalue weighted by molar-refractivity contribution is -0.110. The van der Waals surface area contributed by atoms with Gasteiger partial charge in [0.25, 0.3) is 0 Å². The van der Waals surface area contributed by atoms with E-state index >= 15 is 0 Å². The van der Waals surface area contributed by atoms with Crippen molar-refractivity contribution in [3.8, 4) is 0 Å². The molecule has 0 saturated carbocycles. The second-order valence-electron chi connectivity index (χ2n) is 4.87. The predicted molar refractivity (Wildman–Crippen MR) is 64.7 cm³/mol. The van der Waals surface area contributed by atoms with E-state index in [1.54, 1.807) is 6.08 Å². The monoisotopic (exact) mass is 204 g/mol. The molecule has 1 rings (SSSR count). The number of hydrogen-bond donors (Lipinski definition) is 0. The van der Waals surface area contributed by atoms with Gasteiger partial charge >= 0.3 is 0 Å². The smallest absolute Gasteiger partial charge is 0.178 e. The zero-order valence-corrected chi connectivity index (χ0v) is 9.97. The molecule has 15 heavy (non-hydrogen) atoms. The Labute approximate surface area is 92.6 Å². The van der Waals surface area contributed by atoms with Crippen LogP contribution in [0.3, 0.4) is 0 Å². The average molecular weight is 204 g/mol. The highest BCUT2D eigenvalue weighted by molar-refractivity contribution is 5.99. The Morgan fingerprint density at radius 3 is 2.67 bits per heavy atom. The van der Waals surface area contributed by atoms with Crippen LogP contribution < -0.4 is 0 Å². The van der Waals surface area contributed by atoms with Gasteiger partial charge in [0, 0.05) is 0 Å². The first kappa shape index (κ1) is 12.0. The minimum Gasteiger partial charge on any atom is -0.290 e. The molecule has 0 atom stereocenters. The van der Waals surface area contributed by atoms with Crippen LogP contribution in [0.4, 0.5) is 0 Å². The largest absolute Gasteiger partial charge is 0.290 e. The Morgan fingerprint density at radius 1 is 1.47 bits per heavy atom. The standard InChI is InChI=1S/C14H20O/c1-5-12(15)8-9-13-11(2)7-6-10-14(13,3)4/h5,8-9H,1,6-7,10H2,2-4H3. The van der Waals surface area contributed by atoms with Crippen molar-refractivity contribution in [1.29, 1.82) is 0 Å². The molecule has 0 bridgehead atoms. The van der Waals surface area contributed by atoms with E-state index in [0.717, 1.165) is 6.42 Å². The fraction of sp³-hybridized carbons (Fsp3) is 0.500. The normalized spacial score (nSPS) is 20.7. The van der Waals surface area contributed by atoms with Gasteiger partial charge < -0.3 is 0 Å². The Kier molecular flexibility index (Phi) is 3.67. The van der Waals surface area contributed by atoms with Crippen LogP contribution in [0.15, 0.2) is 36.0 Å². The average Bonchev–Trinajstić information content (AvgIpc) is 2.15. The maximum atomic E-state index is 11.1. The highest BCUT2D eigenvalue weighted by Crippen LogP contribution is 2.40. The van der Waals surface area contributed by atoms with Crippen LogP contribution in [0.25, 0.3) is 0 Å². The molecule has 1 heteroatoms. The lowest BCUT2D eigenvalue weighted by atomic mass is 9.72. The molecule has 0 aromatic heterocycles. The number of rotatable bonds is 3. The third-order valence-corrected chi connectivity index (χ3v) is 3.16. The molecule has 0 N–H and O–H groups in total. The van der Waals surface area contributed by atoms with Crippen LogP contribution in [0, 0.1) is 5.41 Å². The summed E-state index contributed by atoms with van der Waals surface area (Å²) in [6.07, 6.45) is 8.56. The van der Waals surface area contributed by atoms with Crippen molar-refractivity contribution < 1.29 is 4.79 Å². The van der Waals surface area contributed by atoms with Crippen LogP contribution >= 0.6 is 0 Å². The Hall–Kier alpha value is -1.11. The van der Waals surface area contributed by atoms with Crippen LogP contribution in [0.1, 0.15) is 40.0 Å². The summed E-state index contributed by atoms with van der Waals surface area (Å²) in [6, 6.07) is 0. The minimum absolute atomic E-state index is 0.0170. The molecule has 82 valence electrons. The van der Waals surface area contributed by atoms with Crippen molar-refractivity contribution in [2.45, 2.75) is 40.0 Å². The Bertz CT molecular complexity index is 329. The van der Waals surface area contributed by atoms with Crippen molar-refractivity contribution in [2.75, 3.05) is 0 Å². The molecule has 0 unspecified atom stereocenters. The predicted octanol–water partition coefficient (Wildman–Crippen LogP) is 3.82. The van der Waals surface area contributed by atoms with Crippen molar-refractivity contribution >= 4 is 5.78 Å². The third-order valence-electron chi connectivity index (χ3n) is 3.16. The first-order valence-electron chi connectivity index (χ1n) is 5.52. The fourth-order valence-corrected chi connectivity index (χ4v) is 2.24. The van der Waals surface area contributed by atoms with E-state index in [9.17, 15) is 4.79 Å². The summed E-state index contributed by atoms with van der Waals surface area (Å²) >= 11 is 0. The van der Waals surface area contributed by atoms with Gasteiger partial charge in [0.15, 0.2) is 5.78 Å². The van der Waals surface area contributed by atoms with E-state index in [1.807, 2.05) is 6.08 Å². The molecule has 1 aliphatic rings. The number of hydrogen-bond acceptors (Lipinski definition) is 1. The van der Waals surface area contributed by atoms with E-state index in [1.165, 1.54) is 30.1 Å². The molecule has 0 fully saturated rings.